The Morgan fingerprint density at radius 1 is 1.62 bits per heavy atom. The van der Waals surface area contributed by atoms with Gasteiger partial charge in [-0.2, -0.15) is 5.10 Å². The maximum Gasteiger partial charge on any atom is 0.0593 e. The van der Waals surface area contributed by atoms with Gasteiger partial charge in [-0.05, 0) is 14.0 Å². The molecule has 2 N–H and O–H groups in total. The predicted molar refractivity (Wildman–Crippen MR) is 64.1 cm³/mol. The number of aryl methyl sites for hydroxylation is 1. The summed E-state index contributed by atoms with van der Waals surface area (Å²) in [5.74, 6) is 0. The molecular formula is C11H22N4O. The molecule has 1 rings (SSSR count). The van der Waals surface area contributed by atoms with Crippen molar-refractivity contribution in [1.29, 1.82) is 0 Å². The van der Waals surface area contributed by atoms with Gasteiger partial charge in [-0.25, -0.2) is 0 Å². The first-order valence-electron chi connectivity index (χ1n) is 5.65. The molecule has 0 aliphatic rings. The van der Waals surface area contributed by atoms with E-state index in [1.165, 1.54) is 0 Å². The summed E-state index contributed by atoms with van der Waals surface area (Å²) < 4.78 is 7.14. The average molecular weight is 226 g/mol. The quantitative estimate of drug-likeness (QED) is 0.683. The number of hydrogen-bond acceptors (Lipinski definition) is 4. The van der Waals surface area contributed by atoms with Crippen molar-refractivity contribution in [2.75, 3.05) is 33.4 Å². The fourth-order valence-electron chi connectivity index (χ4n) is 1.69. The van der Waals surface area contributed by atoms with Crippen molar-refractivity contribution in [3.8, 4) is 0 Å². The molecule has 16 heavy (non-hydrogen) atoms. The van der Waals surface area contributed by atoms with Gasteiger partial charge in [-0.3, -0.25) is 9.58 Å². The average Bonchev–Trinajstić information content (AvgIpc) is 2.66. The molecule has 1 atom stereocenters. The number of nitrogens with two attached hydrogens (primary N) is 1. The zero-order valence-electron chi connectivity index (χ0n) is 10.4. The maximum absolute atomic E-state index is 5.80. The van der Waals surface area contributed by atoms with Crippen LogP contribution in [-0.2, 0) is 11.8 Å². The molecule has 1 aromatic rings. The molecule has 0 saturated heterocycles. The second kappa shape index (κ2) is 6.62. The second-order valence-corrected chi connectivity index (χ2v) is 3.88. The first-order valence-corrected chi connectivity index (χ1v) is 5.65. The molecule has 0 aliphatic carbocycles. The van der Waals surface area contributed by atoms with Gasteiger partial charge in [-0.1, -0.05) is 0 Å². The SMILES string of the molecule is CCOCCN(C)C(CN)c1cnn(C)c1. The minimum Gasteiger partial charge on any atom is -0.380 e. The van der Waals surface area contributed by atoms with Gasteiger partial charge in [0.15, 0.2) is 0 Å². The Hall–Kier alpha value is -0.910. The van der Waals surface area contributed by atoms with E-state index in [1.807, 2.05) is 26.4 Å². The van der Waals surface area contributed by atoms with E-state index in [0.29, 0.717) is 6.54 Å². The molecule has 0 aromatic carbocycles. The Bertz CT molecular complexity index is 300. The minimum atomic E-state index is 0.217. The third-order valence-electron chi connectivity index (χ3n) is 2.66. The molecule has 0 bridgehead atoms. The van der Waals surface area contributed by atoms with Crippen LogP contribution in [0.3, 0.4) is 0 Å². The minimum absolute atomic E-state index is 0.217. The van der Waals surface area contributed by atoms with E-state index in [0.717, 1.165) is 25.3 Å². The van der Waals surface area contributed by atoms with Gasteiger partial charge < -0.3 is 10.5 Å². The Balaban J connectivity index is 2.53. The van der Waals surface area contributed by atoms with Crippen molar-refractivity contribution < 1.29 is 4.74 Å². The number of likely N-dealkylation sites (N-methyl/N-ethyl adjacent to an activating group) is 1. The van der Waals surface area contributed by atoms with Gasteiger partial charge in [0.1, 0.15) is 0 Å². The summed E-state index contributed by atoms with van der Waals surface area (Å²) in [7, 11) is 3.97. The fourth-order valence-corrected chi connectivity index (χ4v) is 1.69. The van der Waals surface area contributed by atoms with Crippen LogP contribution in [0.25, 0.3) is 0 Å². The second-order valence-electron chi connectivity index (χ2n) is 3.88. The lowest BCUT2D eigenvalue weighted by molar-refractivity contribution is 0.108. The van der Waals surface area contributed by atoms with E-state index in [9.17, 15) is 0 Å². The highest BCUT2D eigenvalue weighted by Gasteiger charge is 2.16. The Morgan fingerprint density at radius 3 is 2.88 bits per heavy atom. The molecular weight excluding hydrogens is 204 g/mol. The summed E-state index contributed by atoms with van der Waals surface area (Å²) >= 11 is 0. The van der Waals surface area contributed by atoms with E-state index in [4.69, 9.17) is 10.5 Å². The highest BCUT2D eigenvalue weighted by Crippen LogP contribution is 2.16. The standard InChI is InChI=1S/C11H22N4O/c1-4-16-6-5-14(2)11(7-12)10-8-13-15(3)9-10/h8-9,11H,4-7,12H2,1-3H3. The summed E-state index contributed by atoms with van der Waals surface area (Å²) in [6, 6.07) is 0.217. The topological polar surface area (TPSA) is 56.3 Å². The molecule has 0 aliphatic heterocycles. The highest BCUT2D eigenvalue weighted by molar-refractivity contribution is 5.10. The number of rotatable bonds is 7. The molecule has 1 heterocycles. The Morgan fingerprint density at radius 2 is 2.38 bits per heavy atom. The van der Waals surface area contributed by atoms with Gasteiger partial charge >= 0.3 is 0 Å². The number of ether oxygens (including phenoxy) is 1. The summed E-state index contributed by atoms with van der Waals surface area (Å²) in [5, 5.41) is 4.17. The number of aromatic nitrogens is 2. The summed E-state index contributed by atoms with van der Waals surface area (Å²) in [6.07, 6.45) is 3.88. The third-order valence-corrected chi connectivity index (χ3v) is 2.66. The predicted octanol–water partition coefficient (Wildman–Crippen LogP) is 0.388. The zero-order chi connectivity index (χ0) is 12.0. The molecule has 0 fully saturated rings. The van der Waals surface area contributed by atoms with E-state index in [2.05, 4.69) is 17.0 Å². The van der Waals surface area contributed by atoms with Gasteiger partial charge in [0.05, 0.1) is 12.8 Å². The smallest absolute Gasteiger partial charge is 0.0593 e. The zero-order valence-corrected chi connectivity index (χ0v) is 10.4. The summed E-state index contributed by atoms with van der Waals surface area (Å²) in [6.45, 7) is 4.97. The van der Waals surface area contributed by atoms with Crippen LogP contribution in [0.5, 0.6) is 0 Å². The molecule has 0 saturated carbocycles. The summed E-state index contributed by atoms with van der Waals surface area (Å²) in [4.78, 5) is 2.20. The first kappa shape index (κ1) is 13.2. The largest absolute Gasteiger partial charge is 0.380 e. The Kier molecular flexibility index (Phi) is 5.45. The van der Waals surface area contributed by atoms with Crippen molar-refractivity contribution in [2.24, 2.45) is 12.8 Å². The van der Waals surface area contributed by atoms with Crippen LogP contribution in [0.2, 0.25) is 0 Å². The highest BCUT2D eigenvalue weighted by atomic mass is 16.5. The number of hydrogen-bond donors (Lipinski definition) is 1. The van der Waals surface area contributed by atoms with Crippen LogP contribution >= 0.6 is 0 Å². The molecule has 5 nitrogen and oxygen atoms in total. The van der Waals surface area contributed by atoms with Crippen molar-refractivity contribution in [3.63, 3.8) is 0 Å². The van der Waals surface area contributed by atoms with Crippen LogP contribution in [0.15, 0.2) is 12.4 Å². The Labute approximate surface area is 97.2 Å². The van der Waals surface area contributed by atoms with Gasteiger partial charge in [0.25, 0.3) is 0 Å². The first-order chi connectivity index (χ1) is 7.69. The molecule has 1 unspecified atom stereocenters. The van der Waals surface area contributed by atoms with Gasteiger partial charge in [0.2, 0.25) is 0 Å². The van der Waals surface area contributed by atoms with Crippen molar-refractivity contribution in [2.45, 2.75) is 13.0 Å². The van der Waals surface area contributed by atoms with Gasteiger partial charge in [0, 0.05) is 44.5 Å². The van der Waals surface area contributed by atoms with Crippen LogP contribution in [-0.4, -0.2) is 48.0 Å². The molecule has 0 radical (unpaired) electrons. The van der Waals surface area contributed by atoms with Crippen molar-refractivity contribution >= 4 is 0 Å². The lowest BCUT2D eigenvalue weighted by atomic mass is 10.1. The third kappa shape index (κ3) is 3.59. The molecule has 1 aromatic heterocycles. The summed E-state index contributed by atoms with van der Waals surface area (Å²) in [5.41, 5.74) is 6.96. The number of nitrogens with zero attached hydrogens (tertiary/aromatic N) is 3. The van der Waals surface area contributed by atoms with E-state index < -0.39 is 0 Å². The monoisotopic (exact) mass is 226 g/mol. The van der Waals surface area contributed by atoms with Gasteiger partial charge in [-0.15, -0.1) is 0 Å². The lowest BCUT2D eigenvalue weighted by Crippen LogP contribution is -2.32. The van der Waals surface area contributed by atoms with Crippen molar-refractivity contribution in [3.05, 3.63) is 18.0 Å². The van der Waals surface area contributed by atoms with Crippen LogP contribution < -0.4 is 5.73 Å². The lowest BCUT2D eigenvalue weighted by Gasteiger charge is -2.25. The van der Waals surface area contributed by atoms with E-state index >= 15 is 0 Å². The molecule has 5 heteroatoms. The molecule has 0 spiro atoms. The maximum atomic E-state index is 5.80. The van der Waals surface area contributed by atoms with Crippen molar-refractivity contribution in [1.82, 2.24) is 14.7 Å². The van der Waals surface area contributed by atoms with E-state index in [-0.39, 0.29) is 6.04 Å². The van der Waals surface area contributed by atoms with Crippen LogP contribution in [0, 0.1) is 0 Å². The van der Waals surface area contributed by atoms with Crippen LogP contribution in [0.1, 0.15) is 18.5 Å². The van der Waals surface area contributed by atoms with Crippen LogP contribution in [0.4, 0.5) is 0 Å². The molecule has 0 amide bonds. The fraction of sp³-hybridized carbons (Fsp3) is 0.727. The normalized spacial score (nSPS) is 13.3. The molecule has 92 valence electrons. The van der Waals surface area contributed by atoms with E-state index in [1.54, 1.807) is 4.68 Å².